The van der Waals surface area contributed by atoms with E-state index in [-0.39, 0.29) is 30.1 Å². The predicted octanol–water partition coefficient (Wildman–Crippen LogP) is 8.74. The molecule has 3 atom stereocenters. The van der Waals surface area contributed by atoms with Gasteiger partial charge >= 0.3 is 6.09 Å². The van der Waals surface area contributed by atoms with Crippen molar-refractivity contribution >= 4 is 23.6 Å². The Hall–Kier alpha value is -4.62. The highest BCUT2D eigenvalue weighted by molar-refractivity contribution is 6.34. The molecule has 1 saturated heterocycles. The molecule has 1 aliphatic rings. The van der Waals surface area contributed by atoms with Crippen LogP contribution in [0, 0.1) is 18.3 Å². The van der Waals surface area contributed by atoms with Gasteiger partial charge in [0, 0.05) is 42.3 Å². The van der Waals surface area contributed by atoms with Crippen LogP contribution in [0.2, 0.25) is 5.02 Å². The number of rotatable bonds is 12. The molecule has 0 aliphatic carbocycles. The first-order valence-corrected chi connectivity index (χ1v) is 18.7. The zero-order valence-electron chi connectivity index (χ0n) is 31.9. The molecule has 0 bridgehead atoms. The van der Waals surface area contributed by atoms with Crippen LogP contribution in [-0.4, -0.2) is 53.2 Å². The van der Waals surface area contributed by atoms with Crippen LogP contribution in [0.25, 0.3) is 11.3 Å². The van der Waals surface area contributed by atoms with Crippen molar-refractivity contribution in [3.63, 3.8) is 0 Å². The summed E-state index contributed by atoms with van der Waals surface area (Å²) in [5, 5.41) is 20.0. The van der Waals surface area contributed by atoms with Crippen LogP contribution in [0.3, 0.4) is 0 Å². The fourth-order valence-corrected chi connectivity index (χ4v) is 6.89. The van der Waals surface area contributed by atoms with Gasteiger partial charge in [0.05, 0.1) is 28.8 Å². The maximum absolute atomic E-state index is 13.9. The molecule has 0 saturated carbocycles. The number of nitriles is 1. The Morgan fingerprint density at radius 2 is 1.77 bits per heavy atom. The Morgan fingerprint density at radius 3 is 2.43 bits per heavy atom. The fourth-order valence-electron chi connectivity index (χ4n) is 6.69. The van der Waals surface area contributed by atoms with Gasteiger partial charge in [-0.05, 0) is 121 Å². The third kappa shape index (κ3) is 11.0. The lowest BCUT2D eigenvalue weighted by molar-refractivity contribution is -0.0110. The number of furan rings is 1. The molecule has 10 heteroatoms. The summed E-state index contributed by atoms with van der Waals surface area (Å²) in [6.45, 7) is 15.5. The van der Waals surface area contributed by atoms with E-state index in [2.05, 4.69) is 74.0 Å². The van der Waals surface area contributed by atoms with Crippen molar-refractivity contribution in [2.75, 3.05) is 13.1 Å². The molecule has 1 aliphatic heterocycles. The molecule has 0 unspecified atom stereocenters. The number of nitrogens with zero attached hydrogens (tertiary/aromatic N) is 2. The molecule has 280 valence electrons. The second-order valence-electron chi connectivity index (χ2n) is 15.7. The minimum atomic E-state index is -0.569. The molecule has 2 amide bonds. The zero-order valence-corrected chi connectivity index (χ0v) is 32.6. The summed E-state index contributed by atoms with van der Waals surface area (Å²) in [6.07, 6.45) is 1.71. The second-order valence-corrected chi connectivity index (χ2v) is 16.1. The average molecular weight is 738 g/mol. The van der Waals surface area contributed by atoms with E-state index in [1.54, 1.807) is 24.3 Å². The quantitative estimate of drug-likeness (QED) is 0.133. The molecular weight excluding hydrogens is 686 g/mol. The van der Waals surface area contributed by atoms with Gasteiger partial charge in [-0.15, -0.1) is 0 Å². The normalized spacial score (nSPS) is 16.7. The number of nitrogens with one attached hydrogen (secondary N) is 3. The summed E-state index contributed by atoms with van der Waals surface area (Å²) in [5.41, 5.74) is 4.11. The highest BCUT2D eigenvalue weighted by atomic mass is 35.5. The van der Waals surface area contributed by atoms with Gasteiger partial charge in [0.2, 0.25) is 0 Å². The summed E-state index contributed by atoms with van der Waals surface area (Å²) >= 11 is 6.63. The van der Waals surface area contributed by atoms with E-state index in [1.165, 1.54) is 11.1 Å². The monoisotopic (exact) mass is 737 g/mol. The number of amides is 2. The third-order valence-corrected chi connectivity index (χ3v) is 9.99. The highest BCUT2D eigenvalue weighted by Crippen LogP contribution is 2.30. The number of aryl methyl sites for hydroxylation is 1. The van der Waals surface area contributed by atoms with Gasteiger partial charge in [-0.1, -0.05) is 53.6 Å². The van der Waals surface area contributed by atoms with Crippen LogP contribution in [0.15, 0.2) is 83.3 Å². The number of benzene rings is 3. The summed E-state index contributed by atoms with van der Waals surface area (Å²) in [7, 11) is 0. The molecule has 3 N–H and O–H groups in total. The molecule has 9 nitrogen and oxygen atoms in total. The number of carbonyl (C=O) groups is 2. The maximum Gasteiger partial charge on any atom is 0.410 e. The number of carbonyl (C=O) groups excluding carboxylic acids is 2. The van der Waals surface area contributed by atoms with Gasteiger partial charge in [-0.3, -0.25) is 4.79 Å². The number of likely N-dealkylation sites (tertiary alicyclic amines) is 1. The van der Waals surface area contributed by atoms with E-state index in [0.717, 1.165) is 29.7 Å². The first-order chi connectivity index (χ1) is 25.1. The van der Waals surface area contributed by atoms with Gasteiger partial charge in [0.1, 0.15) is 17.1 Å². The molecular formula is C43H52ClN5O4. The van der Waals surface area contributed by atoms with Gasteiger partial charge in [0.15, 0.2) is 0 Å². The topological polar surface area (TPSA) is 120 Å². The lowest BCUT2D eigenvalue weighted by atomic mass is 9.87. The smallest absolute Gasteiger partial charge is 0.410 e. The SMILES string of the molecule is Cc1ccc([C@@H](C)NCc2ccc(-c3ccc(Cl)c(C(=O)N[C@@H](CN[C@@H]4CCN(C(=O)OC(C)(C)C)C(C)(C)C4)Cc4ccc(C#N)cc4)c3)o2)cc1. The van der Waals surface area contributed by atoms with Crippen molar-refractivity contribution in [2.24, 2.45) is 0 Å². The van der Waals surface area contributed by atoms with Crippen LogP contribution in [0.4, 0.5) is 4.79 Å². The molecule has 3 aromatic carbocycles. The third-order valence-electron chi connectivity index (χ3n) is 9.66. The van der Waals surface area contributed by atoms with E-state index in [0.29, 0.717) is 48.0 Å². The Balaban J connectivity index is 1.26. The van der Waals surface area contributed by atoms with E-state index < -0.39 is 11.1 Å². The number of hydrogen-bond acceptors (Lipinski definition) is 7. The van der Waals surface area contributed by atoms with Gasteiger partial charge in [-0.2, -0.15) is 5.26 Å². The van der Waals surface area contributed by atoms with Gasteiger partial charge in [0.25, 0.3) is 5.91 Å². The summed E-state index contributed by atoms with van der Waals surface area (Å²) < 4.78 is 11.9. The lowest BCUT2D eigenvalue weighted by Crippen LogP contribution is -2.58. The Kier molecular flexibility index (Phi) is 12.7. The van der Waals surface area contributed by atoms with E-state index >= 15 is 0 Å². The molecule has 53 heavy (non-hydrogen) atoms. The highest BCUT2D eigenvalue weighted by Gasteiger charge is 2.39. The number of piperidine rings is 1. The molecule has 0 radical (unpaired) electrons. The van der Waals surface area contributed by atoms with Gasteiger partial charge in [-0.25, -0.2) is 4.79 Å². The Morgan fingerprint density at radius 1 is 1.06 bits per heavy atom. The number of hydrogen-bond donors (Lipinski definition) is 3. The first kappa shape index (κ1) is 39.6. The van der Waals surface area contributed by atoms with Gasteiger partial charge < -0.3 is 30.0 Å². The molecule has 4 aromatic rings. The van der Waals surface area contributed by atoms with Crippen LogP contribution in [0.5, 0.6) is 0 Å². The van der Waals surface area contributed by atoms with Crippen molar-refractivity contribution < 1.29 is 18.7 Å². The van der Waals surface area contributed by atoms with Crippen molar-refractivity contribution in [1.82, 2.24) is 20.9 Å². The average Bonchev–Trinajstić information content (AvgIpc) is 3.58. The summed E-state index contributed by atoms with van der Waals surface area (Å²) in [6, 6.07) is 27.2. The van der Waals surface area contributed by atoms with Crippen molar-refractivity contribution in [3.05, 3.63) is 117 Å². The fraction of sp³-hybridized carbons (Fsp3) is 0.419. The Labute approximate surface area is 319 Å². The number of ether oxygens (including phenoxy) is 1. The van der Waals surface area contributed by atoms with E-state index in [9.17, 15) is 14.9 Å². The van der Waals surface area contributed by atoms with Crippen LogP contribution in [-0.2, 0) is 17.7 Å². The maximum atomic E-state index is 13.9. The molecule has 5 rings (SSSR count). The molecule has 1 aromatic heterocycles. The van der Waals surface area contributed by atoms with Crippen LogP contribution in [0.1, 0.15) is 98.8 Å². The minimum absolute atomic E-state index is 0.124. The molecule has 0 spiro atoms. The summed E-state index contributed by atoms with van der Waals surface area (Å²) in [4.78, 5) is 28.7. The minimum Gasteiger partial charge on any atom is -0.460 e. The second kappa shape index (κ2) is 17.0. The van der Waals surface area contributed by atoms with Crippen molar-refractivity contribution in [3.8, 4) is 17.4 Å². The zero-order chi connectivity index (χ0) is 38.3. The predicted molar refractivity (Wildman–Crippen MR) is 210 cm³/mol. The van der Waals surface area contributed by atoms with Crippen LogP contribution < -0.4 is 16.0 Å². The van der Waals surface area contributed by atoms with E-state index in [4.69, 9.17) is 20.8 Å². The lowest BCUT2D eigenvalue weighted by Gasteiger charge is -2.46. The first-order valence-electron chi connectivity index (χ1n) is 18.3. The largest absolute Gasteiger partial charge is 0.460 e. The molecule has 2 heterocycles. The van der Waals surface area contributed by atoms with Crippen molar-refractivity contribution in [2.45, 2.75) is 104 Å². The number of halogens is 1. The molecule has 1 fully saturated rings. The van der Waals surface area contributed by atoms with Crippen LogP contribution >= 0.6 is 11.6 Å². The standard InChI is InChI=1S/C43H52ClN5O4/c1-28-8-14-32(15-9-28)29(2)46-27-36-17-19-39(52-36)33-16-18-38(44)37(23-33)40(50)48-35(22-30-10-12-31(25-45)13-11-30)26-47-34-20-21-49(43(6,7)24-34)41(51)53-42(3,4)5/h8-19,23,29,34-35,46-47H,20-22,24,26-27H2,1-7H3,(H,48,50)/t29-,34-,35-/m1/s1. The Bertz CT molecular complexity index is 1910. The van der Waals surface area contributed by atoms with E-state index in [1.807, 2.05) is 56.0 Å². The van der Waals surface area contributed by atoms with Crippen molar-refractivity contribution in [1.29, 1.82) is 5.26 Å². The summed E-state index contributed by atoms with van der Waals surface area (Å²) in [5.74, 6) is 1.14.